The largest absolute Gasteiger partial charge is 0.462 e. The molecule has 19 heavy (non-hydrogen) atoms. The minimum absolute atomic E-state index is 0.0310. The fourth-order valence-electron chi connectivity index (χ4n) is 3.01. The Balaban J connectivity index is 3.16. The van der Waals surface area contributed by atoms with Crippen LogP contribution in [0.15, 0.2) is 11.1 Å². The summed E-state index contributed by atoms with van der Waals surface area (Å²) < 4.78 is 0. The van der Waals surface area contributed by atoms with Crippen LogP contribution in [0.1, 0.15) is 59.8 Å². The maximum Gasteiger partial charge on any atom is 0.462 e. The first-order valence-corrected chi connectivity index (χ1v) is 7.50. The molecule has 0 aromatic rings. The minimum Gasteiger partial charge on any atom is -0.427 e. The standard InChI is InChI=1S/C15H27BO3/c1-5-6-12-11(4)7-8-14(16(18)19)15(17)13(12)9-10(2)3/h10-11,14,18-19H,5-9H2,1-4H3. The molecule has 0 saturated heterocycles. The van der Waals surface area contributed by atoms with Crippen LogP contribution in [-0.4, -0.2) is 22.9 Å². The lowest BCUT2D eigenvalue weighted by Crippen LogP contribution is -2.28. The van der Waals surface area contributed by atoms with Crippen molar-refractivity contribution >= 4 is 12.9 Å². The van der Waals surface area contributed by atoms with Crippen LogP contribution in [0.3, 0.4) is 0 Å². The van der Waals surface area contributed by atoms with Gasteiger partial charge in [-0.3, -0.25) is 4.79 Å². The van der Waals surface area contributed by atoms with Gasteiger partial charge in [-0.05, 0) is 43.1 Å². The number of carbonyl (C=O) groups is 1. The smallest absolute Gasteiger partial charge is 0.427 e. The summed E-state index contributed by atoms with van der Waals surface area (Å²) in [5, 5.41) is 18.9. The van der Waals surface area contributed by atoms with E-state index >= 15 is 0 Å². The van der Waals surface area contributed by atoms with E-state index in [9.17, 15) is 14.8 Å². The van der Waals surface area contributed by atoms with Crippen LogP contribution in [0.5, 0.6) is 0 Å². The van der Waals surface area contributed by atoms with E-state index in [2.05, 4.69) is 27.7 Å². The molecule has 0 spiro atoms. The summed E-state index contributed by atoms with van der Waals surface area (Å²) in [6.07, 6.45) is 4.17. The monoisotopic (exact) mass is 266 g/mol. The summed E-state index contributed by atoms with van der Waals surface area (Å²) in [4.78, 5) is 12.6. The van der Waals surface area contributed by atoms with Gasteiger partial charge in [-0.25, -0.2) is 0 Å². The first kappa shape index (κ1) is 16.4. The Morgan fingerprint density at radius 2 is 1.95 bits per heavy atom. The number of ketones is 1. The Morgan fingerprint density at radius 3 is 2.42 bits per heavy atom. The number of rotatable bonds is 5. The third-order valence-electron chi connectivity index (χ3n) is 4.02. The zero-order valence-corrected chi connectivity index (χ0v) is 12.6. The highest BCUT2D eigenvalue weighted by atomic mass is 16.4. The molecular formula is C15H27BO3. The van der Waals surface area contributed by atoms with Crippen molar-refractivity contribution in [1.29, 1.82) is 0 Å². The minimum atomic E-state index is -1.53. The van der Waals surface area contributed by atoms with Gasteiger partial charge in [0.25, 0.3) is 0 Å². The molecule has 0 bridgehead atoms. The topological polar surface area (TPSA) is 57.5 Å². The van der Waals surface area contributed by atoms with Gasteiger partial charge in [0.05, 0.1) is 5.82 Å². The zero-order chi connectivity index (χ0) is 14.6. The SMILES string of the molecule is CCCC1=C(CC(C)C)C(=O)C(B(O)O)CCC1C. The van der Waals surface area contributed by atoms with E-state index in [0.717, 1.165) is 31.3 Å². The Bertz CT molecular complexity index is 347. The highest BCUT2D eigenvalue weighted by Gasteiger charge is 2.36. The van der Waals surface area contributed by atoms with Crippen molar-refractivity contribution in [2.24, 2.45) is 11.8 Å². The zero-order valence-electron chi connectivity index (χ0n) is 12.6. The second-order valence-electron chi connectivity index (χ2n) is 6.21. The molecule has 2 unspecified atom stereocenters. The normalized spacial score (nSPS) is 24.9. The molecule has 0 heterocycles. The van der Waals surface area contributed by atoms with Gasteiger partial charge >= 0.3 is 7.12 Å². The molecule has 2 N–H and O–H groups in total. The van der Waals surface area contributed by atoms with E-state index in [4.69, 9.17) is 0 Å². The molecule has 1 aliphatic rings. The highest BCUT2D eigenvalue weighted by molar-refractivity contribution is 6.50. The molecule has 1 aliphatic carbocycles. The van der Waals surface area contributed by atoms with E-state index in [1.54, 1.807) is 0 Å². The number of carbonyl (C=O) groups excluding carboxylic acids is 1. The van der Waals surface area contributed by atoms with Crippen molar-refractivity contribution in [2.45, 2.75) is 65.6 Å². The molecule has 0 aromatic heterocycles. The van der Waals surface area contributed by atoms with Gasteiger partial charge in [0.1, 0.15) is 0 Å². The van der Waals surface area contributed by atoms with Gasteiger partial charge in [0, 0.05) is 0 Å². The fourth-order valence-corrected chi connectivity index (χ4v) is 3.01. The lowest BCUT2D eigenvalue weighted by Gasteiger charge is -2.19. The Labute approximate surface area is 117 Å². The predicted octanol–water partition coefficient (Wildman–Crippen LogP) is 2.97. The van der Waals surface area contributed by atoms with Gasteiger partial charge in [-0.2, -0.15) is 0 Å². The summed E-state index contributed by atoms with van der Waals surface area (Å²) in [6, 6.07) is 0. The van der Waals surface area contributed by atoms with Crippen molar-refractivity contribution in [3.63, 3.8) is 0 Å². The van der Waals surface area contributed by atoms with E-state index in [1.807, 2.05) is 0 Å². The number of hydrogen-bond donors (Lipinski definition) is 2. The van der Waals surface area contributed by atoms with E-state index in [1.165, 1.54) is 5.57 Å². The lowest BCUT2D eigenvalue weighted by molar-refractivity contribution is -0.116. The van der Waals surface area contributed by atoms with Gasteiger partial charge < -0.3 is 10.0 Å². The van der Waals surface area contributed by atoms with Crippen LogP contribution in [0, 0.1) is 11.8 Å². The quantitative estimate of drug-likeness (QED) is 0.752. The third kappa shape index (κ3) is 4.18. The molecule has 0 radical (unpaired) electrons. The first-order chi connectivity index (χ1) is 8.88. The maximum atomic E-state index is 12.6. The Morgan fingerprint density at radius 1 is 1.32 bits per heavy atom. The maximum absolute atomic E-state index is 12.6. The first-order valence-electron chi connectivity index (χ1n) is 7.50. The molecule has 1 rings (SSSR count). The third-order valence-corrected chi connectivity index (χ3v) is 4.02. The molecule has 0 fully saturated rings. The molecule has 0 saturated carbocycles. The van der Waals surface area contributed by atoms with Gasteiger partial charge in [0.15, 0.2) is 5.78 Å². The molecule has 108 valence electrons. The Kier molecular flexibility index (Phi) is 6.28. The highest BCUT2D eigenvalue weighted by Crippen LogP contribution is 2.37. The van der Waals surface area contributed by atoms with Gasteiger partial charge in [-0.1, -0.05) is 39.7 Å². The predicted molar refractivity (Wildman–Crippen MR) is 78.7 cm³/mol. The van der Waals surface area contributed by atoms with Crippen LogP contribution < -0.4 is 0 Å². The molecule has 0 amide bonds. The molecule has 0 aromatic carbocycles. The molecule has 3 nitrogen and oxygen atoms in total. The number of hydrogen-bond acceptors (Lipinski definition) is 3. The number of Topliss-reactive ketones (excluding diaryl/α,β-unsaturated/α-hetero) is 1. The van der Waals surface area contributed by atoms with Crippen molar-refractivity contribution in [1.82, 2.24) is 0 Å². The van der Waals surface area contributed by atoms with Crippen molar-refractivity contribution in [3.8, 4) is 0 Å². The number of allylic oxidation sites excluding steroid dienone is 2. The van der Waals surface area contributed by atoms with Gasteiger partial charge in [0.2, 0.25) is 0 Å². The summed E-state index contributed by atoms with van der Waals surface area (Å²) in [5.41, 5.74) is 2.13. The van der Waals surface area contributed by atoms with Crippen molar-refractivity contribution in [3.05, 3.63) is 11.1 Å². The van der Waals surface area contributed by atoms with Gasteiger partial charge in [-0.15, -0.1) is 0 Å². The molecule has 0 aliphatic heterocycles. The summed E-state index contributed by atoms with van der Waals surface area (Å²) in [6.45, 7) is 8.48. The summed E-state index contributed by atoms with van der Waals surface area (Å²) >= 11 is 0. The lowest BCUT2D eigenvalue weighted by atomic mass is 9.66. The van der Waals surface area contributed by atoms with E-state index in [0.29, 0.717) is 18.3 Å². The van der Waals surface area contributed by atoms with Crippen LogP contribution >= 0.6 is 0 Å². The average molecular weight is 266 g/mol. The second kappa shape index (κ2) is 7.25. The fraction of sp³-hybridized carbons (Fsp3) is 0.800. The van der Waals surface area contributed by atoms with Crippen LogP contribution in [0.2, 0.25) is 5.82 Å². The van der Waals surface area contributed by atoms with Crippen LogP contribution in [0.25, 0.3) is 0 Å². The molecular weight excluding hydrogens is 239 g/mol. The van der Waals surface area contributed by atoms with Crippen molar-refractivity contribution in [2.75, 3.05) is 0 Å². The summed E-state index contributed by atoms with van der Waals surface area (Å²) in [7, 11) is -1.53. The van der Waals surface area contributed by atoms with E-state index in [-0.39, 0.29) is 5.78 Å². The van der Waals surface area contributed by atoms with Crippen molar-refractivity contribution < 1.29 is 14.8 Å². The average Bonchev–Trinajstić information content (AvgIpc) is 2.41. The second-order valence-corrected chi connectivity index (χ2v) is 6.21. The molecule has 4 heteroatoms. The Hall–Kier alpha value is -0.605. The summed E-state index contributed by atoms with van der Waals surface area (Å²) in [5.74, 6) is 0.121. The molecule has 2 atom stereocenters. The van der Waals surface area contributed by atoms with Crippen LogP contribution in [0.4, 0.5) is 0 Å². The van der Waals surface area contributed by atoms with E-state index < -0.39 is 12.9 Å². The van der Waals surface area contributed by atoms with Crippen LogP contribution in [-0.2, 0) is 4.79 Å².